The van der Waals surface area contributed by atoms with Crippen molar-refractivity contribution in [3.63, 3.8) is 0 Å². The van der Waals surface area contributed by atoms with Crippen LogP contribution in [-0.4, -0.2) is 42.8 Å². The standard InChI is InChI=1S/C29H25N7O2/c1-35-16-14-20(22-8-3-5-12-26(22)35)18-30-33-28(37)24-10-7-11-25(32-24)29(38)34-31-19-21-15-17-36(2)27-13-6-4-9-23(21)27/h3-16,18-19H,17H2,1-2H3,(H,34,38)/p+1/b31-19+. The SMILES string of the molecule is CN1CC=C(/C=N/NC(=O)c2cccc(C(=O)N/N=C/c3cc[n+](C)c4ccccc34)n2)c2ccccc21. The van der Waals surface area contributed by atoms with Gasteiger partial charge in [0.05, 0.1) is 17.8 Å². The zero-order chi connectivity index (χ0) is 26.5. The van der Waals surface area contributed by atoms with E-state index >= 15 is 0 Å². The Bertz CT molecular complexity index is 1620. The van der Waals surface area contributed by atoms with Gasteiger partial charge in [-0.3, -0.25) is 9.59 Å². The van der Waals surface area contributed by atoms with Crippen LogP contribution in [0, 0.1) is 0 Å². The van der Waals surface area contributed by atoms with Crippen molar-refractivity contribution in [2.24, 2.45) is 17.3 Å². The first-order chi connectivity index (χ1) is 18.5. The maximum absolute atomic E-state index is 12.6. The number of rotatable bonds is 6. The fraction of sp³-hybridized carbons (Fsp3) is 0.103. The smallest absolute Gasteiger partial charge is 0.289 e. The molecule has 0 aliphatic carbocycles. The molecule has 5 rings (SSSR count). The van der Waals surface area contributed by atoms with Gasteiger partial charge < -0.3 is 4.90 Å². The van der Waals surface area contributed by atoms with Crippen molar-refractivity contribution >= 4 is 46.4 Å². The van der Waals surface area contributed by atoms with Crippen LogP contribution in [0.1, 0.15) is 32.1 Å². The number of hydrazone groups is 2. The van der Waals surface area contributed by atoms with Gasteiger partial charge in [0.1, 0.15) is 18.4 Å². The van der Waals surface area contributed by atoms with Gasteiger partial charge in [-0.1, -0.05) is 42.5 Å². The van der Waals surface area contributed by atoms with E-state index in [1.54, 1.807) is 18.5 Å². The summed E-state index contributed by atoms with van der Waals surface area (Å²) >= 11 is 0. The molecule has 2 aromatic heterocycles. The maximum Gasteiger partial charge on any atom is 0.289 e. The highest BCUT2D eigenvalue weighted by atomic mass is 16.2. The van der Waals surface area contributed by atoms with Crippen LogP contribution < -0.4 is 20.3 Å². The average Bonchev–Trinajstić information content (AvgIpc) is 2.95. The third-order valence-electron chi connectivity index (χ3n) is 6.24. The number of pyridine rings is 2. The van der Waals surface area contributed by atoms with Crippen molar-refractivity contribution < 1.29 is 14.2 Å². The van der Waals surface area contributed by atoms with Gasteiger partial charge in [-0.2, -0.15) is 10.2 Å². The van der Waals surface area contributed by atoms with Gasteiger partial charge in [0, 0.05) is 48.1 Å². The van der Waals surface area contributed by atoms with Crippen LogP contribution in [0.25, 0.3) is 16.5 Å². The number of carbonyl (C=O) groups excluding carboxylic acids is 2. The summed E-state index contributed by atoms with van der Waals surface area (Å²) in [5.41, 5.74) is 10.1. The number of anilines is 1. The van der Waals surface area contributed by atoms with Gasteiger partial charge in [-0.25, -0.2) is 20.4 Å². The molecule has 0 spiro atoms. The number of aromatic nitrogens is 2. The molecule has 0 saturated carbocycles. The number of fused-ring (bicyclic) bond motifs is 2. The molecule has 2 N–H and O–H groups in total. The first-order valence-corrected chi connectivity index (χ1v) is 12.0. The van der Waals surface area contributed by atoms with Crippen LogP contribution >= 0.6 is 0 Å². The average molecular weight is 505 g/mol. The van der Waals surface area contributed by atoms with Crippen LogP contribution in [0.4, 0.5) is 5.69 Å². The molecule has 4 aromatic rings. The Hall–Kier alpha value is -5.18. The summed E-state index contributed by atoms with van der Waals surface area (Å²) in [5, 5.41) is 9.20. The minimum atomic E-state index is -0.529. The Morgan fingerprint density at radius 2 is 1.58 bits per heavy atom. The maximum atomic E-state index is 12.6. The molecule has 0 unspecified atom stereocenters. The first-order valence-electron chi connectivity index (χ1n) is 12.0. The highest BCUT2D eigenvalue weighted by Crippen LogP contribution is 2.29. The van der Waals surface area contributed by atoms with E-state index in [0.717, 1.165) is 39.8 Å². The fourth-order valence-corrected chi connectivity index (χ4v) is 4.24. The first kappa shape index (κ1) is 24.5. The number of nitrogens with one attached hydrogen (secondary N) is 2. The lowest BCUT2D eigenvalue weighted by Gasteiger charge is -2.25. The Morgan fingerprint density at radius 3 is 2.37 bits per heavy atom. The molecule has 0 atom stereocenters. The van der Waals surface area contributed by atoms with Gasteiger partial charge >= 0.3 is 0 Å². The van der Waals surface area contributed by atoms with Crippen LogP contribution in [-0.2, 0) is 7.05 Å². The lowest BCUT2D eigenvalue weighted by atomic mass is 10.0. The van der Waals surface area contributed by atoms with E-state index < -0.39 is 11.8 Å². The van der Waals surface area contributed by atoms with E-state index in [9.17, 15) is 9.59 Å². The normalized spacial score (nSPS) is 13.0. The second kappa shape index (κ2) is 10.8. The predicted octanol–water partition coefficient (Wildman–Crippen LogP) is 3.07. The third kappa shape index (κ3) is 5.17. The van der Waals surface area contributed by atoms with E-state index in [1.165, 1.54) is 12.1 Å². The van der Waals surface area contributed by atoms with Crippen molar-refractivity contribution in [3.8, 4) is 0 Å². The number of aryl methyl sites for hydroxylation is 1. The molecule has 188 valence electrons. The second-order valence-corrected chi connectivity index (χ2v) is 8.76. The highest BCUT2D eigenvalue weighted by molar-refractivity contribution is 6.13. The summed E-state index contributed by atoms with van der Waals surface area (Å²) in [4.78, 5) is 31.6. The van der Waals surface area contributed by atoms with E-state index in [0.29, 0.717) is 0 Å². The highest BCUT2D eigenvalue weighted by Gasteiger charge is 2.15. The minimum Gasteiger partial charge on any atom is -0.370 e. The molecule has 2 amide bonds. The molecule has 9 heteroatoms. The van der Waals surface area contributed by atoms with Crippen molar-refractivity contribution in [1.82, 2.24) is 15.8 Å². The largest absolute Gasteiger partial charge is 0.370 e. The van der Waals surface area contributed by atoms with E-state index in [2.05, 4.69) is 30.9 Å². The minimum absolute atomic E-state index is 0.0649. The van der Waals surface area contributed by atoms with Gasteiger partial charge in [-0.15, -0.1) is 0 Å². The molecule has 0 fully saturated rings. The lowest BCUT2D eigenvalue weighted by Crippen LogP contribution is -2.28. The molecule has 0 radical (unpaired) electrons. The number of nitrogens with zero attached hydrogens (tertiary/aromatic N) is 5. The molecule has 0 saturated heterocycles. The van der Waals surface area contributed by atoms with Crippen molar-refractivity contribution in [2.45, 2.75) is 0 Å². The molecule has 0 bridgehead atoms. The van der Waals surface area contributed by atoms with Crippen molar-refractivity contribution in [2.75, 3.05) is 18.5 Å². The van der Waals surface area contributed by atoms with Crippen molar-refractivity contribution in [1.29, 1.82) is 0 Å². The Labute approximate surface area is 219 Å². The number of hydrogen-bond acceptors (Lipinski definition) is 6. The second-order valence-electron chi connectivity index (χ2n) is 8.76. The number of allylic oxidation sites excluding steroid dienone is 1. The number of carbonyl (C=O) groups is 2. The summed E-state index contributed by atoms with van der Waals surface area (Å²) in [6.07, 6.45) is 7.17. The summed E-state index contributed by atoms with van der Waals surface area (Å²) in [6, 6.07) is 22.5. The quantitative estimate of drug-likeness (QED) is 0.239. The van der Waals surface area contributed by atoms with Crippen LogP contribution in [0.3, 0.4) is 0 Å². The molecule has 3 heterocycles. The van der Waals surface area contributed by atoms with Crippen LogP contribution in [0.5, 0.6) is 0 Å². The van der Waals surface area contributed by atoms with Crippen LogP contribution in [0.2, 0.25) is 0 Å². The van der Waals surface area contributed by atoms with Gasteiger partial charge in [0.15, 0.2) is 6.20 Å². The Morgan fingerprint density at radius 1 is 0.895 bits per heavy atom. The molecular formula is C29H26N7O2+. The zero-order valence-electron chi connectivity index (χ0n) is 21.0. The third-order valence-corrected chi connectivity index (χ3v) is 6.24. The topological polar surface area (TPSA) is 103 Å². The Balaban J connectivity index is 1.23. The summed E-state index contributed by atoms with van der Waals surface area (Å²) in [5.74, 6) is -1.05. The molecular weight excluding hydrogens is 478 g/mol. The number of hydrogen-bond donors (Lipinski definition) is 2. The number of amides is 2. The van der Waals surface area contributed by atoms with Crippen molar-refractivity contribution in [3.05, 3.63) is 108 Å². The zero-order valence-corrected chi connectivity index (χ0v) is 21.0. The van der Waals surface area contributed by atoms with Crippen LogP contribution in [0.15, 0.2) is 95.3 Å². The van der Waals surface area contributed by atoms with E-state index in [-0.39, 0.29) is 11.4 Å². The number of benzene rings is 2. The van der Waals surface area contributed by atoms with Gasteiger partial charge in [0.25, 0.3) is 11.8 Å². The predicted molar refractivity (Wildman–Crippen MR) is 148 cm³/mol. The van der Waals surface area contributed by atoms with E-state index in [1.807, 2.05) is 85.5 Å². The monoisotopic (exact) mass is 504 g/mol. The van der Waals surface area contributed by atoms with Gasteiger partial charge in [0.2, 0.25) is 5.52 Å². The molecule has 38 heavy (non-hydrogen) atoms. The summed E-state index contributed by atoms with van der Waals surface area (Å²) < 4.78 is 2.01. The Kier molecular flexibility index (Phi) is 6.99. The molecule has 1 aliphatic heterocycles. The van der Waals surface area contributed by atoms with Gasteiger partial charge in [-0.05, 0) is 24.3 Å². The molecule has 9 nitrogen and oxygen atoms in total. The fourth-order valence-electron chi connectivity index (χ4n) is 4.24. The van der Waals surface area contributed by atoms with E-state index in [4.69, 9.17) is 0 Å². The number of likely N-dealkylation sites (N-methyl/N-ethyl adjacent to an activating group) is 1. The summed E-state index contributed by atoms with van der Waals surface area (Å²) in [6.45, 7) is 0.743. The lowest BCUT2D eigenvalue weighted by molar-refractivity contribution is -0.644. The number of para-hydroxylation sites is 2. The summed E-state index contributed by atoms with van der Waals surface area (Å²) in [7, 11) is 3.99. The molecule has 1 aliphatic rings. The molecule has 2 aromatic carbocycles.